The van der Waals surface area contributed by atoms with Crippen molar-refractivity contribution in [1.82, 2.24) is 0 Å². The minimum atomic E-state index is -0.612. The molecule has 0 fully saturated rings. The molecular weight excluding hydrogens is 407 g/mol. The van der Waals surface area contributed by atoms with Crippen LogP contribution >= 0.6 is 11.6 Å². The number of nitro groups is 1. The highest BCUT2D eigenvalue weighted by Crippen LogP contribution is 2.27. The standard InChI is InChI=1S/C19H14ClFN2O6/c1-27-15-8-12(7-13(9-15)23(25)26)22-19(24)18-5-3-14(29-18)10-28-17-4-2-11(21)6-16(17)20/h2-9H,10H2,1H3,(H,22,24). The first-order valence-electron chi connectivity index (χ1n) is 8.17. The predicted octanol–water partition coefficient (Wildman–Crippen LogP) is 4.82. The van der Waals surface area contributed by atoms with Gasteiger partial charge < -0.3 is 19.2 Å². The third kappa shape index (κ3) is 5.02. The molecular formula is C19H14ClFN2O6. The first kappa shape index (κ1) is 20.2. The maximum absolute atomic E-state index is 13.1. The second kappa shape index (κ2) is 8.61. The first-order valence-corrected chi connectivity index (χ1v) is 8.55. The van der Waals surface area contributed by atoms with Crippen LogP contribution in [0.25, 0.3) is 0 Å². The normalized spacial score (nSPS) is 10.4. The number of hydrogen-bond donors (Lipinski definition) is 1. The van der Waals surface area contributed by atoms with Gasteiger partial charge in [0.1, 0.15) is 29.7 Å². The number of hydrogen-bond acceptors (Lipinski definition) is 6. The Morgan fingerprint density at radius 1 is 1.24 bits per heavy atom. The van der Waals surface area contributed by atoms with Gasteiger partial charge in [-0.2, -0.15) is 0 Å². The maximum atomic E-state index is 13.1. The number of benzene rings is 2. The SMILES string of the molecule is COc1cc(NC(=O)c2ccc(COc3ccc(F)cc3Cl)o2)cc([N+](=O)[O-])c1. The fourth-order valence-corrected chi connectivity index (χ4v) is 2.61. The summed E-state index contributed by atoms with van der Waals surface area (Å²) in [5.74, 6) is -0.319. The number of rotatable bonds is 7. The summed E-state index contributed by atoms with van der Waals surface area (Å²) in [5.41, 5.74) is -0.0577. The predicted molar refractivity (Wildman–Crippen MR) is 102 cm³/mol. The lowest BCUT2D eigenvalue weighted by Gasteiger charge is -2.07. The largest absolute Gasteiger partial charge is 0.496 e. The zero-order chi connectivity index (χ0) is 21.0. The average molecular weight is 421 g/mol. The molecule has 3 rings (SSSR count). The molecule has 0 saturated heterocycles. The molecule has 0 aliphatic carbocycles. The second-order valence-corrected chi connectivity index (χ2v) is 6.17. The Labute approximate surface area is 168 Å². The lowest BCUT2D eigenvalue weighted by atomic mass is 10.2. The molecule has 0 saturated carbocycles. The van der Waals surface area contributed by atoms with E-state index in [0.29, 0.717) is 5.76 Å². The van der Waals surface area contributed by atoms with Gasteiger partial charge in [-0.3, -0.25) is 14.9 Å². The maximum Gasteiger partial charge on any atom is 0.291 e. The first-order chi connectivity index (χ1) is 13.9. The van der Waals surface area contributed by atoms with Gasteiger partial charge >= 0.3 is 0 Å². The number of nitrogens with zero attached hydrogens (tertiary/aromatic N) is 1. The van der Waals surface area contributed by atoms with E-state index in [4.69, 9.17) is 25.5 Å². The quantitative estimate of drug-likeness (QED) is 0.434. The van der Waals surface area contributed by atoms with Crippen LogP contribution in [0.1, 0.15) is 16.3 Å². The number of carbonyl (C=O) groups excluding carboxylic acids is 1. The van der Waals surface area contributed by atoms with E-state index in [0.717, 1.165) is 6.07 Å². The Hall–Kier alpha value is -3.59. The summed E-state index contributed by atoms with van der Waals surface area (Å²) in [6, 6.07) is 10.5. The van der Waals surface area contributed by atoms with E-state index in [9.17, 15) is 19.3 Å². The minimum absolute atomic E-state index is 0.0284. The number of nitrogens with one attached hydrogen (secondary N) is 1. The number of nitro benzene ring substituents is 1. The number of anilines is 1. The van der Waals surface area contributed by atoms with E-state index in [1.54, 1.807) is 0 Å². The fraction of sp³-hybridized carbons (Fsp3) is 0.105. The van der Waals surface area contributed by atoms with E-state index in [1.165, 1.54) is 49.6 Å². The van der Waals surface area contributed by atoms with E-state index < -0.39 is 16.6 Å². The Kier molecular flexibility index (Phi) is 5.99. The molecule has 0 aliphatic heterocycles. The molecule has 1 amide bonds. The lowest BCUT2D eigenvalue weighted by molar-refractivity contribution is -0.384. The molecule has 0 bridgehead atoms. The number of carbonyl (C=O) groups is 1. The van der Waals surface area contributed by atoms with E-state index >= 15 is 0 Å². The zero-order valence-corrected chi connectivity index (χ0v) is 15.7. The van der Waals surface area contributed by atoms with Gasteiger partial charge in [0.25, 0.3) is 11.6 Å². The molecule has 3 aromatic rings. The van der Waals surface area contributed by atoms with Crippen molar-refractivity contribution in [2.75, 3.05) is 12.4 Å². The Bertz CT molecular complexity index is 1070. The molecule has 0 atom stereocenters. The fourth-order valence-electron chi connectivity index (χ4n) is 2.39. The van der Waals surface area contributed by atoms with Gasteiger partial charge in [-0.15, -0.1) is 0 Å². The third-order valence-electron chi connectivity index (χ3n) is 3.74. The zero-order valence-electron chi connectivity index (χ0n) is 15.0. The molecule has 0 aliphatic rings. The summed E-state index contributed by atoms with van der Waals surface area (Å²) in [7, 11) is 1.36. The van der Waals surface area contributed by atoms with Crippen molar-refractivity contribution in [2.45, 2.75) is 6.61 Å². The summed E-state index contributed by atoms with van der Waals surface area (Å²) in [6.07, 6.45) is 0. The van der Waals surface area contributed by atoms with Crippen LogP contribution in [0.5, 0.6) is 11.5 Å². The van der Waals surface area contributed by atoms with E-state index in [2.05, 4.69) is 5.32 Å². The molecule has 10 heteroatoms. The second-order valence-electron chi connectivity index (χ2n) is 5.76. The van der Waals surface area contributed by atoms with Gasteiger partial charge in [0.05, 0.1) is 28.8 Å². The van der Waals surface area contributed by atoms with Crippen molar-refractivity contribution in [3.63, 3.8) is 0 Å². The average Bonchev–Trinajstić information content (AvgIpc) is 3.16. The molecule has 8 nitrogen and oxygen atoms in total. The molecule has 0 radical (unpaired) electrons. The Balaban J connectivity index is 1.68. The highest BCUT2D eigenvalue weighted by atomic mass is 35.5. The Morgan fingerprint density at radius 3 is 2.72 bits per heavy atom. The molecule has 1 aromatic heterocycles. The molecule has 29 heavy (non-hydrogen) atoms. The number of ether oxygens (including phenoxy) is 2. The van der Waals surface area contributed by atoms with E-state index in [1.807, 2.05) is 0 Å². The van der Waals surface area contributed by atoms with Crippen LogP contribution in [0.2, 0.25) is 5.02 Å². The van der Waals surface area contributed by atoms with Crippen molar-refractivity contribution in [1.29, 1.82) is 0 Å². The topological polar surface area (TPSA) is 104 Å². The number of amides is 1. The summed E-state index contributed by atoms with van der Waals surface area (Å²) in [6.45, 7) is -0.0384. The summed E-state index contributed by atoms with van der Waals surface area (Å²) >= 11 is 5.88. The third-order valence-corrected chi connectivity index (χ3v) is 4.04. The number of halogens is 2. The van der Waals surface area contributed by atoms with Crippen molar-refractivity contribution < 1.29 is 28.0 Å². The number of furan rings is 1. The smallest absolute Gasteiger partial charge is 0.291 e. The summed E-state index contributed by atoms with van der Waals surface area (Å²) in [5, 5.41) is 13.6. The number of non-ortho nitro benzene ring substituents is 1. The van der Waals surface area contributed by atoms with Crippen LogP contribution < -0.4 is 14.8 Å². The van der Waals surface area contributed by atoms with Crippen molar-refractivity contribution in [3.05, 3.63) is 81.0 Å². The Morgan fingerprint density at radius 2 is 2.03 bits per heavy atom. The van der Waals surface area contributed by atoms with Crippen LogP contribution in [0, 0.1) is 15.9 Å². The van der Waals surface area contributed by atoms with Crippen molar-refractivity contribution in [2.24, 2.45) is 0 Å². The minimum Gasteiger partial charge on any atom is -0.496 e. The molecule has 1 heterocycles. The molecule has 0 unspecified atom stereocenters. The van der Waals surface area contributed by atoms with Gasteiger partial charge in [0.2, 0.25) is 0 Å². The van der Waals surface area contributed by atoms with Crippen LogP contribution in [-0.2, 0) is 6.61 Å². The highest BCUT2D eigenvalue weighted by Gasteiger charge is 2.16. The van der Waals surface area contributed by atoms with Crippen molar-refractivity contribution >= 4 is 28.9 Å². The van der Waals surface area contributed by atoms with Crippen LogP contribution in [0.3, 0.4) is 0 Å². The molecule has 1 N–H and O–H groups in total. The summed E-state index contributed by atoms with van der Waals surface area (Å²) < 4.78 is 28.9. The monoisotopic (exact) mass is 420 g/mol. The molecule has 0 spiro atoms. The van der Waals surface area contributed by atoms with Crippen LogP contribution in [0.15, 0.2) is 52.9 Å². The molecule has 2 aromatic carbocycles. The van der Waals surface area contributed by atoms with Crippen molar-refractivity contribution in [3.8, 4) is 11.5 Å². The number of methoxy groups -OCH3 is 1. The van der Waals surface area contributed by atoms with Gasteiger partial charge in [0.15, 0.2) is 5.76 Å². The lowest BCUT2D eigenvalue weighted by Crippen LogP contribution is -2.11. The summed E-state index contributed by atoms with van der Waals surface area (Å²) in [4.78, 5) is 22.7. The van der Waals surface area contributed by atoms with Crippen LogP contribution in [-0.4, -0.2) is 17.9 Å². The highest BCUT2D eigenvalue weighted by molar-refractivity contribution is 6.32. The van der Waals surface area contributed by atoms with E-state index in [-0.39, 0.29) is 40.3 Å². The van der Waals surface area contributed by atoms with Crippen LogP contribution in [0.4, 0.5) is 15.8 Å². The van der Waals surface area contributed by atoms with Gasteiger partial charge in [-0.05, 0) is 30.3 Å². The van der Waals surface area contributed by atoms with Gasteiger partial charge in [-0.1, -0.05) is 11.6 Å². The van der Waals surface area contributed by atoms with Gasteiger partial charge in [0, 0.05) is 12.1 Å². The molecule has 150 valence electrons. The van der Waals surface area contributed by atoms with Gasteiger partial charge in [-0.25, -0.2) is 4.39 Å².